The zero-order chi connectivity index (χ0) is 52.9. The highest BCUT2D eigenvalue weighted by Gasteiger charge is 2.19. The number of esters is 3. The first-order valence-corrected chi connectivity index (χ1v) is 32.8. The molecule has 1 atom stereocenters. The predicted octanol–water partition coefficient (Wildman–Crippen LogP) is 22.2. The Morgan fingerprint density at radius 2 is 0.452 bits per heavy atom. The van der Waals surface area contributed by atoms with Crippen molar-refractivity contribution in [2.24, 2.45) is 0 Å². The predicted molar refractivity (Wildman–Crippen MR) is 316 cm³/mol. The van der Waals surface area contributed by atoms with Crippen LogP contribution in [0.3, 0.4) is 0 Å². The molecule has 0 aromatic rings. The minimum Gasteiger partial charge on any atom is -0.462 e. The van der Waals surface area contributed by atoms with Gasteiger partial charge < -0.3 is 14.2 Å². The second kappa shape index (κ2) is 62.4. The van der Waals surface area contributed by atoms with Crippen molar-refractivity contribution < 1.29 is 28.6 Å². The number of ether oxygens (including phenoxy) is 3. The van der Waals surface area contributed by atoms with Crippen LogP contribution >= 0.6 is 0 Å². The fourth-order valence-electron chi connectivity index (χ4n) is 9.97. The van der Waals surface area contributed by atoms with Crippen LogP contribution in [0.25, 0.3) is 0 Å². The van der Waals surface area contributed by atoms with Gasteiger partial charge in [-0.15, -0.1) is 0 Å². The number of carbonyl (C=O) groups is 3. The van der Waals surface area contributed by atoms with Gasteiger partial charge >= 0.3 is 17.9 Å². The number of hydrogen-bond acceptors (Lipinski definition) is 6. The smallest absolute Gasteiger partial charge is 0.306 e. The SMILES string of the molecule is CCCCCCCC/C=C\CCCCCCCCCCCC(=O)OC(COC(=O)CCCCCCCCCCCCC)COC(=O)CCCCCCCCCCCCCCC/C=C\CCCCCCCCCC. The third kappa shape index (κ3) is 60.6. The first-order valence-electron chi connectivity index (χ1n) is 32.8. The zero-order valence-corrected chi connectivity index (χ0v) is 49.4. The van der Waals surface area contributed by atoms with Crippen molar-refractivity contribution in [3.8, 4) is 0 Å². The van der Waals surface area contributed by atoms with E-state index in [1.165, 1.54) is 270 Å². The van der Waals surface area contributed by atoms with Crippen LogP contribution in [-0.2, 0) is 28.6 Å². The van der Waals surface area contributed by atoms with Crippen molar-refractivity contribution in [1.82, 2.24) is 0 Å². The minimum atomic E-state index is -0.768. The van der Waals surface area contributed by atoms with E-state index in [0.717, 1.165) is 57.8 Å². The van der Waals surface area contributed by atoms with E-state index in [4.69, 9.17) is 14.2 Å². The Morgan fingerprint density at radius 3 is 0.685 bits per heavy atom. The van der Waals surface area contributed by atoms with Crippen LogP contribution in [0, 0.1) is 0 Å². The lowest BCUT2D eigenvalue weighted by atomic mass is 10.0. The summed E-state index contributed by atoms with van der Waals surface area (Å²) in [5.41, 5.74) is 0. The molecule has 0 aromatic carbocycles. The van der Waals surface area contributed by atoms with E-state index in [0.29, 0.717) is 19.3 Å². The molecule has 0 rings (SSSR count). The van der Waals surface area contributed by atoms with Crippen LogP contribution in [-0.4, -0.2) is 37.2 Å². The lowest BCUT2D eigenvalue weighted by Crippen LogP contribution is -2.30. The van der Waals surface area contributed by atoms with Crippen LogP contribution in [0.2, 0.25) is 0 Å². The van der Waals surface area contributed by atoms with Crippen molar-refractivity contribution >= 4 is 17.9 Å². The third-order valence-corrected chi connectivity index (χ3v) is 14.9. The highest BCUT2D eigenvalue weighted by atomic mass is 16.6. The molecule has 6 nitrogen and oxygen atoms in total. The Hall–Kier alpha value is -2.11. The number of hydrogen-bond donors (Lipinski definition) is 0. The molecule has 0 spiro atoms. The summed E-state index contributed by atoms with van der Waals surface area (Å²) in [6.45, 7) is 6.69. The number of unbranched alkanes of at least 4 members (excludes halogenated alkanes) is 46. The van der Waals surface area contributed by atoms with Crippen molar-refractivity contribution in [3.05, 3.63) is 24.3 Å². The molecule has 73 heavy (non-hydrogen) atoms. The largest absolute Gasteiger partial charge is 0.462 e. The van der Waals surface area contributed by atoms with Gasteiger partial charge in [0.1, 0.15) is 13.2 Å². The van der Waals surface area contributed by atoms with Crippen LogP contribution in [0.4, 0.5) is 0 Å². The van der Waals surface area contributed by atoms with E-state index in [1.807, 2.05) is 0 Å². The van der Waals surface area contributed by atoms with Gasteiger partial charge in [-0.25, -0.2) is 0 Å². The highest BCUT2D eigenvalue weighted by molar-refractivity contribution is 5.71. The van der Waals surface area contributed by atoms with Gasteiger partial charge in [-0.2, -0.15) is 0 Å². The third-order valence-electron chi connectivity index (χ3n) is 14.9. The molecule has 430 valence electrons. The van der Waals surface area contributed by atoms with Crippen molar-refractivity contribution in [1.29, 1.82) is 0 Å². The molecule has 0 fully saturated rings. The second-order valence-corrected chi connectivity index (χ2v) is 22.4. The van der Waals surface area contributed by atoms with E-state index >= 15 is 0 Å². The molecule has 0 bridgehead atoms. The van der Waals surface area contributed by atoms with Gasteiger partial charge in [-0.05, 0) is 70.6 Å². The summed E-state index contributed by atoms with van der Waals surface area (Å²) in [5, 5.41) is 0. The minimum absolute atomic E-state index is 0.0668. The van der Waals surface area contributed by atoms with E-state index in [-0.39, 0.29) is 31.1 Å². The zero-order valence-electron chi connectivity index (χ0n) is 49.4. The molecule has 0 N–H and O–H groups in total. The Bertz CT molecular complexity index is 1180. The van der Waals surface area contributed by atoms with Crippen molar-refractivity contribution in [2.75, 3.05) is 13.2 Å². The Labute approximate surface area is 455 Å². The first-order chi connectivity index (χ1) is 36.0. The standard InChI is InChI=1S/C67H126O6/c1-4-7-10-13-16-19-22-24-26-28-30-31-32-33-34-35-37-38-40-42-45-48-51-54-57-60-66(69)72-63-64(62-71-65(68)59-56-53-50-47-44-21-18-15-12-9-6-3)73-67(70)61-58-55-52-49-46-43-41-39-36-29-27-25-23-20-17-14-11-8-5-2/h25,27-28,30,64H,4-24,26,29,31-63H2,1-3H3/b27-25-,30-28-. The Morgan fingerprint density at radius 1 is 0.260 bits per heavy atom. The molecule has 1 unspecified atom stereocenters. The molecule has 6 heteroatoms. The molecule has 0 aliphatic rings. The van der Waals surface area contributed by atoms with Gasteiger partial charge in [0.25, 0.3) is 0 Å². The van der Waals surface area contributed by atoms with Crippen LogP contribution in [0.15, 0.2) is 24.3 Å². The molecular formula is C67H126O6. The van der Waals surface area contributed by atoms with E-state index in [9.17, 15) is 14.4 Å². The monoisotopic (exact) mass is 1030 g/mol. The summed E-state index contributed by atoms with van der Waals surface area (Å²) in [7, 11) is 0. The number of rotatable bonds is 61. The van der Waals surface area contributed by atoms with Gasteiger partial charge in [-0.1, -0.05) is 302 Å². The van der Waals surface area contributed by atoms with E-state index < -0.39 is 6.10 Å². The number of carbonyl (C=O) groups excluding carboxylic acids is 3. The quantitative estimate of drug-likeness (QED) is 0.0261. The van der Waals surface area contributed by atoms with Gasteiger partial charge in [0.05, 0.1) is 0 Å². The van der Waals surface area contributed by atoms with Gasteiger partial charge in [0, 0.05) is 19.3 Å². The van der Waals surface area contributed by atoms with Crippen LogP contribution in [0.1, 0.15) is 367 Å². The lowest BCUT2D eigenvalue weighted by molar-refractivity contribution is -0.167. The Balaban J connectivity index is 4.20. The molecule has 0 heterocycles. The molecule has 0 aliphatic carbocycles. The fraction of sp³-hybridized carbons (Fsp3) is 0.896. The van der Waals surface area contributed by atoms with Gasteiger partial charge in [0.15, 0.2) is 6.10 Å². The molecule has 0 aromatic heterocycles. The summed E-state index contributed by atoms with van der Waals surface area (Å²) >= 11 is 0. The highest BCUT2D eigenvalue weighted by Crippen LogP contribution is 2.18. The second-order valence-electron chi connectivity index (χ2n) is 22.4. The van der Waals surface area contributed by atoms with Crippen LogP contribution < -0.4 is 0 Å². The maximum atomic E-state index is 12.9. The summed E-state index contributed by atoms with van der Waals surface area (Å²) in [6.07, 6.45) is 74.8. The van der Waals surface area contributed by atoms with E-state index in [2.05, 4.69) is 45.1 Å². The first kappa shape index (κ1) is 70.9. The normalized spacial score (nSPS) is 12.1. The van der Waals surface area contributed by atoms with Gasteiger partial charge in [0.2, 0.25) is 0 Å². The van der Waals surface area contributed by atoms with Crippen molar-refractivity contribution in [3.63, 3.8) is 0 Å². The summed E-state index contributed by atoms with van der Waals surface area (Å²) in [5.74, 6) is -0.844. The molecule has 0 saturated heterocycles. The maximum absolute atomic E-state index is 12.9. The van der Waals surface area contributed by atoms with Crippen molar-refractivity contribution in [2.45, 2.75) is 374 Å². The molecule has 0 aliphatic heterocycles. The van der Waals surface area contributed by atoms with Gasteiger partial charge in [-0.3, -0.25) is 14.4 Å². The Kier molecular flexibility index (Phi) is 60.6. The molecule has 0 radical (unpaired) electrons. The summed E-state index contributed by atoms with van der Waals surface area (Å²) in [6, 6.07) is 0. The molecule has 0 saturated carbocycles. The topological polar surface area (TPSA) is 78.9 Å². The number of allylic oxidation sites excluding steroid dienone is 4. The molecular weight excluding hydrogens is 901 g/mol. The molecule has 0 amide bonds. The van der Waals surface area contributed by atoms with E-state index in [1.54, 1.807) is 0 Å². The average molecular weight is 1030 g/mol. The summed E-state index contributed by atoms with van der Waals surface area (Å²) in [4.78, 5) is 38.3. The fourth-order valence-corrected chi connectivity index (χ4v) is 9.97. The van der Waals surface area contributed by atoms with Crippen LogP contribution in [0.5, 0.6) is 0 Å². The average Bonchev–Trinajstić information content (AvgIpc) is 3.39. The maximum Gasteiger partial charge on any atom is 0.306 e. The lowest BCUT2D eigenvalue weighted by Gasteiger charge is -2.18. The summed E-state index contributed by atoms with van der Waals surface area (Å²) < 4.78 is 16.9.